The molecule has 1 aromatic heterocycles. The van der Waals surface area contributed by atoms with Crippen molar-refractivity contribution in [1.29, 1.82) is 0 Å². The second-order valence-corrected chi connectivity index (χ2v) is 6.14. The van der Waals surface area contributed by atoms with Crippen molar-refractivity contribution in [1.82, 2.24) is 15.4 Å². The Morgan fingerprint density at radius 2 is 1.95 bits per heavy atom. The van der Waals surface area contributed by atoms with Gasteiger partial charge in [0.25, 0.3) is 0 Å². The third-order valence-corrected chi connectivity index (χ3v) is 4.52. The summed E-state index contributed by atoms with van der Waals surface area (Å²) in [6.45, 7) is 2.43. The Morgan fingerprint density at radius 1 is 1.21 bits per heavy atom. The molecule has 0 saturated heterocycles. The normalized spacial score (nSPS) is 27.3. The third kappa shape index (κ3) is 2.86. The highest BCUT2D eigenvalue weighted by Gasteiger charge is 2.32. The molecule has 0 spiro atoms. The van der Waals surface area contributed by atoms with Crippen LogP contribution in [0.1, 0.15) is 49.8 Å². The number of aromatic nitrogens is 3. The van der Waals surface area contributed by atoms with E-state index in [4.69, 9.17) is 0 Å². The van der Waals surface area contributed by atoms with Gasteiger partial charge in [0.05, 0.1) is 11.9 Å². The Hall–Kier alpha value is -1.64. The molecule has 1 N–H and O–H groups in total. The second-order valence-electron chi connectivity index (χ2n) is 6.14. The molecule has 0 amide bonds. The molecule has 3 heteroatoms. The van der Waals surface area contributed by atoms with Crippen molar-refractivity contribution in [2.24, 2.45) is 5.41 Å². The molecule has 3 rings (SSSR count). The van der Waals surface area contributed by atoms with Crippen molar-refractivity contribution in [3.8, 4) is 0 Å². The van der Waals surface area contributed by atoms with Gasteiger partial charge in [0.15, 0.2) is 0 Å². The molecule has 1 heterocycles. The van der Waals surface area contributed by atoms with E-state index in [1.165, 1.54) is 37.7 Å². The van der Waals surface area contributed by atoms with E-state index in [-0.39, 0.29) is 0 Å². The number of benzene rings is 1. The summed E-state index contributed by atoms with van der Waals surface area (Å²) in [7, 11) is 0. The van der Waals surface area contributed by atoms with Gasteiger partial charge in [-0.05, 0) is 43.1 Å². The average Bonchev–Trinajstić information content (AvgIpc) is 2.94. The van der Waals surface area contributed by atoms with Crippen molar-refractivity contribution in [3.05, 3.63) is 47.8 Å². The molecule has 1 aliphatic rings. The maximum absolute atomic E-state index is 4.24. The molecule has 3 nitrogen and oxygen atoms in total. The standard InChI is InChI=1S/C16H21N3/c1-16(11-13-5-3-2-4-6-13)9-7-14(8-10-16)15-12-17-19-18-15/h2-6,12,14H,7-11H2,1H3,(H,17,18,19). The van der Waals surface area contributed by atoms with E-state index >= 15 is 0 Å². The molecule has 1 aliphatic carbocycles. The predicted octanol–water partition coefficient (Wildman–Crippen LogP) is 3.71. The molecule has 19 heavy (non-hydrogen) atoms. The average molecular weight is 255 g/mol. The van der Waals surface area contributed by atoms with Gasteiger partial charge in [-0.15, -0.1) is 0 Å². The maximum atomic E-state index is 4.24. The summed E-state index contributed by atoms with van der Waals surface area (Å²) in [5.41, 5.74) is 3.05. The van der Waals surface area contributed by atoms with Gasteiger partial charge < -0.3 is 0 Å². The van der Waals surface area contributed by atoms with Crippen LogP contribution in [-0.2, 0) is 6.42 Å². The zero-order valence-electron chi connectivity index (χ0n) is 11.5. The van der Waals surface area contributed by atoms with Crippen molar-refractivity contribution >= 4 is 0 Å². The lowest BCUT2D eigenvalue weighted by atomic mass is 9.68. The van der Waals surface area contributed by atoms with Crippen LogP contribution in [0.2, 0.25) is 0 Å². The molecule has 0 unspecified atom stereocenters. The van der Waals surface area contributed by atoms with Crippen LogP contribution < -0.4 is 0 Å². The largest absolute Gasteiger partial charge is 0.198 e. The molecule has 1 saturated carbocycles. The van der Waals surface area contributed by atoms with E-state index in [1.807, 2.05) is 6.20 Å². The minimum atomic E-state index is 0.446. The highest BCUT2D eigenvalue weighted by molar-refractivity contribution is 5.17. The van der Waals surface area contributed by atoms with E-state index in [0.29, 0.717) is 11.3 Å². The first kappa shape index (κ1) is 12.4. The first-order valence-corrected chi connectivity index (χ1v) is 7.15. The minimum Gasteiger partial charge on any atom is -0.198 e. The first-order valence-electron chi connectivity index (χ1n) is 7.15. The smallest absolute Gasteiger partial charge is 0.0855 e. The molecule has 1 fully saturated rings. The molecule has 0 aliphatic heterocycles. The van der Waals surface area contributed by atoms with Gasteiger partial charge in [0.2, 0.25) is 0 Å². The summed E-state index contributed by atoms with van der Waals surface area (Å²) in [6.07, 6.45) is 8.09. The molecule has 0 atom stereocenters. The number of hydrogen-bond acceptors (Lipinski definition) is 2. The fourth-order valence-electron chi connectivity index (χ4n) is 3.28. The Labute approximate surface area is 114 Å². The van der Waals surface area contributed by atoms with Gasteiger partial charge in [-0.3, -0.25) is 0 Å². The highest BCUT2D eigenvalue weighted by Crippen LogP contribution is 2.44. The zero-order valence-corrected chi connectivity index (χ0v) is 11.5. The fourth-order valence-corrected chi connectivity index (χ4v) is 3.28. The number of H-pyrrole nitrogens is 1. The second kappa shape index (κ2) is 5.16. The Morgan fingerprint density at radius 3 is 2.58 bits per heavy atom. The predicted molar refractivity (Wildman–Crippen MR) is 75.8 cm³/mol. The van der Waals surface area contributed by atoms with Crippen molar-refractivity contribution < 1.29 is 0 Å². The molecule has 2 aromatic rings. The van der Waals surface area contributed by atoms with E-state index in [2.05, 4.69) is 52.7 Å². The van der Waals surface area contributed by atoms with Crippen molar-refractivity contribution in [2.75, 3.05) is 0 Å². The number of nitrogens with one attached hydrogen (secondary N) is 1. The molecule has 100 valence electrons. The van der Waals surface area contributed by atoms with Crippen LogP contribution in [0.15, 0.2) is 36.5 Å². The Balaban J connectivity index is 1.62. The number of rotatable bonds is 3. The highest BCUT2D eigenvalue weighted by atomic mass is 15.3. The van der Waals surface area contributed by atoms with E-state index in [1.54, 1.807) is 0 Å². The summed E-state index contributed by atoms with van der Waals surface area (Å²) < 4.78 is 0. The van der Waals surface area contributed by atoms with E-state index in [9.17, 15) is 0 Å². The minimum absolute atomic E-state index is 0.446. The van der Waals surface area contributed by atoms with Crippen LogP contribution in [0.5, 0.6) is 0 Å². The van der Waals surface area contributed by atoms with Gasteiger partial charge in [-0.25, -0.2) is 0 Å². The van der Waals surface area contributed by atoms with Gasteiger partial charge in [-0.2, -0.15) is 15.4 Å². The van der Waals surface area contributed by atoms with Crippen LogP contribution in [-0.4, -0.2) is 15.4 Å². The first-order chi connectivity index (χ1) is 9.25. The lowest BCUT2D eigenvalue weighted by Gasteiger charge is -2.37. The Bertz CT molecular complexity index is 496. The molecular weight excluding hydrogens is 234 g/mol. The van der Waals surface area contributed by atoms with Gasteiger partial charge in [0, 0.05) is 5.92 Å². The van der Waals surface area contributed by atoms with Crippen molar-refractivity contribution in [3.63, 3.8) is 0 Å². The van der Waals surface area contributed by atoms with Gasteiger partial charge >= 0.3 is 0 Å². The molecule has 0 bridgehead atoms. The summed E-state index contributed by atoms with van der Waals surface area (Å²) in [4.78, 5) is 0. The maximum Gasteiger partial charge on any atom is 0.0855 e. The Kier molecular flexibility index (Phi) is 3.36. The monoisotopic (exact) mass is 255 g/mol. The van der Waals surface area contributed by atoms with E-state index < -0.39 is 0 Å². The van der Waals surface area contributed by atoms with Crippen molar-refractivity contribution in [2.45, 2.75) is 44.9 Å². The third-order valence-electron chi connectivity index (χ3n) is 4.52. The van der Waals surface area contributed by atoms with Crippen LogP contribution in [0.25, 0.3) is 0 Å². The summed E-state index contributed by atoms with van der Waals surface area (Å²) in [5, 5.41) is 10.9. The SMILES string of the molecule is CC1(Cc2ccccc2)CCC(c2cn[nH]n2)CC1. The van der Waals surface area contributed by atoms with Crippen LogP contribution in [0, 0.1) is 5.41 Å². The fraction of sp³-hybridized carbons (Fsp3) is 0.500. The topological polar surface area (TPSA) is 41.6 Å². The zero-order chi connectivity index (χ0) is 13.1. The molecule has 0 radical (unpaired) electrons. The number of hydrogen-bond donors (Lipinski definition) is 1. The lowest BCUT2D eigenvalue weighted by Crippen LogP contribution is -2.26. The quantitative estimate of drug-likeness (QED) is 0.908. The summed E-state index contributed by atoms with van der Waals surface area (Å²) >= 11 is 0. The van der Waals surface area contributed by atoms with Gasteiger partial charge in [-0.1, -0.05) is 37.3 Å². The van der Waals surface area contributed by atoms with Crippen LogP contribution >= 0.6 is 0 Å². The lowest BCUT2D eigenvalue weighted by molar-refractivity contribution is 0.196. The summed E-state index contributed by atoms with van der Waals surface area (Å²) in [6, 6.07) is 10.9. The van der Waals surface area contributed by atoms with Crippen LogP contribution in [0.3, 0.4) is 0 Å². The number of nitrogens with zero attached hydrogens (tertiary/aromatic N) is 2. The number of aromatic amines is 1. The molecular formula is C16H21N3. The van der Waals surface area contributed by atoms with Crippen LogP contribution in [0.4, 0.5) is 0 Å². The summed E-state index contributed by atoms with van der Waals surface area (Å²) in [5.74, 6) is 0.600. The van der Waals surface area contributed by atoms with E-state index in [0.717, 1.165) is 5.69 Å². The van der Waals surface area contributed by atoms with Gasteiger partial charge in [0.1, 0.15) is 0 Å². The molecule has 1 aromatic carbocycles.